The second-order valence-corrected chi connectivity index (χ2v) is 6.38. The fraction of sp³-hybridized carbons (Fsp3) is 0.333. The van der Waals surface area contributed by atoms with Crippen LogP contribution in [0.5, 0.6) is 0 Å². The number of nitrogens with zero attached hydrogens (tertiary/aromatic N) is 2. The number of halogens is 2. The summed E-state index contributed by atoms with van der Waals surface area (Å²) in [5.41, 5.74) is 0.937. The third-order valence-corrected chi connectivity index (χ3v) is 4.11. The number of benzene rings is 1. The Bertz CT molecular complexity index is 568. The van der Waals surface area contributed by atoms with Gasteiger partial charge in [-0.1, -0.05) is 0 Å². The standard InChI is InChI=1S/C12H11BrIN3O/c13-10-4-1-7(14)5-9(10)12-17-16-11(18-12)6-15-8-2-3-8/h1,4-5,8,15H,2-3,6H2. The van der Waals surface area contributed by atoms with Gasteiger partial charge in [-0.3, -0.25) is 0 Å². The van der Waals surface area contributed by atoms with Crippen LogP contribution in [0.1, 0.15) is 18.7 Å². The fourth-order valence-corrected chi connectivity index (χ4v) is 2.52. The van der Waals surface area contributed by atoms with Crippen molar-refractivity contribution in [3.8, 4) is 11.5 Å². The van der Waals surface area contributed by atoms with Gasteiger partial charge in [-0.05, 0) is 69.6 Å². The van der Waals surface area contributed by atoms with E-state index in [0.29, 0.717) is 24.4 Å². The molecule has 4 nitrogen and oxygen atoms in total. The Kier molecular flexibility index (Phi) is 3.67. The third kappa shape index (κ3) is 2.92. The van der Waals surface area contributed by atoms with Gasteiger partial charge in [0, 0.05) is 14.1 Å². The number of nitrogens with one attached hydrogen (secondary N) is 1. The molecule has 0 unspecified atom stereocenters. The van der Waals surface area contributed by atoms with E-state index >= 15 is 0 Å². The van der Waals surface area contributed by atoms with Crippen molar-refractivity contribution in [2.75, 3.05) is 0 Å². The Morgan fingerprint density at radius 1 is 1.39 bits per heavy atom. The zero-order valence-electron chi connectivity index (χ0n) is 9.49. The first kappa shape index (κ1) is 12.6. The number of aromatic nitrogens is 2. The van der Waals surface area contributed by atoms with E-state index in [1.54, 1.807) is 0 Å². The first-order chi connectivity index (χ1) is 8.72. The Balaban J connectivity index is 1.80. The van der Waals surface area contributed by atoms with Crippen LogP contribution in [-0.4, -0.2) is 16.2 Å². The zero-order chi connectivity index (χ0) is 12.5. The maximum absolute atomic E-state index is 5.67. The summed E-state index contributed by atoms with van der Waals surface area (Å²) in [4.78, 5) is 0. The third-order valence-electron chi connectivity index (χ3n) is 2.74. The predicted molar refractivity (Wildman–Crippen MR) is 80.0 cm³/mol. The summed E-state index contributed by atoms with van der Waals surface area (Å²) >= 11 is 5.77. The van der Waals surface area contributed by atoms with Crippen LogP contribution in [0.2, 0.25) is 0 Å². The van der Waals surface area contributed by atoms with Gasteiger partial charge in [-0.2, -0.15) is 0 Å². The molecular formula is C12H11BrIN3O. The summed E-state index contributed by atoms with van der Waals surface area (Å²) in [5, 5.41) is 11.5. The van der Waals surface area contributed by atoms with Crippen LogP contribution in [0, 0.1) is 3.57 Å². The van der Waals surface area contributed by atoms with Gasteiger partial charge in [0.2, 0.25) is 11.8 Å². The second-order valence-electron chi connectivity index (χ2n) is 4.28. The molecule has 6 heteroatoms. The van der Waals surface area contributed by atoms with E-state index < -0.39 is 0 Å². The lowest BCUT2D eigenvalue weighted by Crippen LogP contribution is -2.15. The minimum atomic E-state index is 0.563. The van der Waals surface area contributed by atoms with Crippen LogP contribution >= 0.6 is 38.5 Å². The van der Waals surface area contributed by atoms with E-state index in [0.717, 1.165) is 13.6 Å². The monoisotopic (exact) mass is 419 g/mol. The average Bonchev–Trinajstić information content (AvgIpc) is 3.08. The minimum absolute atomic E-state index is 0.563. The van der Waals surface area contributed by atoms with Gasteiger partial charge in [0.25, 0.3) is 0 Å². The Labute approximate surface area is 127 Å². The van der Waals surface area contributed by atoms with Gasteiger partial charge >= 0.3 is 0 Å². The van der Waals surface area contributed by atoms with Crippen molar-refractivity contribution in [1.29, 1.82) is 0 Å². The van der Waals surface area contributed by atoms with Crippen LogP contribution in [0.25, 0.3) is 11.5 Å². The molecule has 1 aromatic heterocycles. The van der Waals surface area contributed by atoms with Gasteiger partial charge in [0.1, 0.15) is 0 Å². The predicted octanol–water partition coefficient (Wildman–Crippen LogP) is 3.36. The van der Waals surface area contributed by atoms with E-state index in [4.69, 9.17) is 4.42 Å². The van der Waals surface area contributed by atoms with Crippen LogP contribution in [0.4, 0.5) is 0 Å². The van der Waals surface area contributed by atoms with E-state index in [1.807, 2.05) is 18.2 Å². The molecule has 3 rings (SSSR count). The van der Waals surface area contributed by atoms with E-state index in [2.05, 4.69) is 54.0 Å². The molecule has 2 aromatic rings. The van der Waals surface area contributed by atoms with Gasteiger partial charge < -0.3 is 9.73 Å². The summed E-state index contributed by atoms with van der Waals surface area (Å²) < 4.78 is 7.77. The second kappa shape index (κ2) is 5.26. The fourth-order valence-electron chi connectivity index (χ4n) is 1.61. The largest absolute Gasteiger partial charge is 0.419 e. The van der Waals surface area contributed by atoms with Gasteiger partial charge in [-0.15, -0.1) is 10.2 Å². The van der Waals surface area contributed by atoms with Crippen LogP contribution in [0.3, 0.4) is 0 Å². The molecule has 0 bridgehead atoms. The highest BCUT2D eigenvalue weighted by Gasteiger charge is 2.21. The van der Waals surface area contributed by atoms with Gasteiger partial charge in [0.15, 0.2) is 0 Å². The molecule has 0 spiro atoms. The van der Waals surface area contributed by atoms with Gasteiger partial charge in [-0.25, -0.2) is 0 Å². The molecule has 1 aliphatic rings. The van der Waals surface area contributed by atoms with E-state index in [1.165, 1.54) is 12.8 Å². The van der Waals surface area contributed by atoms with Gasteiger partial charge in [0.05, 0.1) is 12.1 Å². The highest BCUT2D eigenvalue weighted by molar-refractivity contribution is 14.1. The Morgan fingerprint density at radius 2 is 2.22 bits per heavy atom. The highest BCUT2D eigenvalue weighted by atomic mass is 127. The van der Waals surface area contributed by atoms with E-state index in [9.17, 15) is 0 Å². The molecule has 0 radical (unpaired) electrons. The van der Waals surface area contributed by atoms with Crippen LogP contribution in [0.15, 0.2) is 27.1 Å². The first-order valence-corrected chi connectivity index (χ1v) is 7.61. The summed E-state index contributed by atoms with van der Waals surface area (Å²) in [5.74, 6) is 1.20. The number of hydrogen-bond donors (Lipinski definition) is 1. The molecule has 94 valence electrons. The molecule has 1 heterocycles. The molecule has 0 amide bonds. The number of hydrogen-bond acceptors (Lipinski definition) is 4. The van der Waals surface area contributed by atoms with Crippen molar-refractivity contribution in [1.82, 2.24) is 15.5 Å². The van der Waals surface area contributed by atoms with Crippen molar-refractivity contribution in [2.24, 2.45) is 0 Å². The normalized spacial score (nSPS) is 15.0. The lowest BCUT2D eigenvalue weighted by Gasteiger charge is -2.00. The molecule has 0 saturated heterocycles. The summed E-state index contributed by atoms with van der Waals surface area (Å²) in [6, 6.07) is 6.68. The number of rotatable bonds is 4. The molecular weight excluding hydrogens is 409 g/mol. The highest BCUT2D eigenvalue weighted by Crippen LogP contribution is 2.29. The summed E-state index contributed by atoms with van der Waals surface area (Å²) in [7, 11) is 0. The molecule has 1 aromatic carbocycles. The maximum Gasteiger partial charge on any atom is 0.248 e. The average molecular weight is 420 g/mol. The molecule has 1 saturated carbocycles. The molecule has 1 aliphatic carbocycles. The topological polar surface area (TPSA) is 51.0 Å². The van der Waals surface area contributed by atoms with Crippen molar-refractivity contribution in [2.45, 2.75) is 25.4 Å². The van der Waals surface area contributed by atoms with Crippen molar-refractivity contribution >= 4 is 38.5 Å². The summed E-state index contributed by atoms with van der Waals surface area (Å²) in [6.07, 6.45) is 2.51. The Morgan fingerprint density at radius 3 is 3.00 bits per heavy atom. The lowest BCUT2D eigenvalue weighted by atomic mass is 10.2. The Hall–Kier alpha value is -0.470. The zero-order valence-corrected chi connectivity index (χ0v) is 13.2. The van der Waals surface area contributed by atoms with Crippen molar-refractivity contribution in [3.05, 3.63) is 32.1 Å². The maximum atomic E-state index is 5.67. The van der Waals surface area contributed by atoms with E-state index in [-0.39, 0.29) is 0 Å². The van der Waals surface area contributed by atoms with Crippen LogP contribution < -0.4 is 5.32 Å². The quantitative estimate of drug-likeness (QED) is 0.772. The molecule has 1 N–H and O–H groups in total. The van der Waals surface area contributed by atoms with Crippen LogP contribution in [-0.2, 0) is 6.54 Å². The SMILES string of the molecule is Brc1ccc(I)cc1-c1nnc(CNC2CC2)o1. The molecule has 0 aliphatic heterocycles. The molecule has 0 atom stereocenters. The first-order valence-electron chi connectivity index (χ1n) is 5.73. The molecule has 18 heavy (non-hydrogen) atoms. The lowest BCUT2D eigenvalue weighted by molar-refractivity contribution is 0.476. The minimum Gasteiger partial charge on any atom is -0.419 e. The smallest absolute Gasteiger partial charge is 0.248 e. The molecule has 1 fully saturated rings. The van der Waals surface area contributed by atoms with Crippen molar-refractivity contribution in [3.63, 3.8) is 0 Å². The van der Waals surface area contributed by atoms with Crippen molar-refractivity contribution < 1.29 is 4.42 Å². The summed E-state index contributed by atoms with van der Waals surface area (Å²) in [6.45, 7) is 0.652.